The van der Waals surface area contributed by atoms with Crippen molar-refractivity contribution in [1.29, 1.82) is 0 Å². The van der Waals surface area contributed by atoms with Gasteiger partial charge in [0.05, 0.1) is 24.4 Å². The summed E-state index contributed by atoms with van der Waals surface area (Å²) in [6.07, 6.45) is -3.45. The molecule has 0 aromatic heterocycles. The lowest BCUT2D eigenvalue weighted by atomic mass is 9.90. The predicted molar refractivity (Wildman–Crippen MR) is 33.3 cm³/mol. The first-order valence-electron chi connectivity index (χ1n) is 3.33. The first-order valence-corrected chi connectivity index (χ1v) is 3.33. The van der Waals surface area contributed by atoms with E-state index in [-0.39, 0.29) is 12.8 Å². The monoisotopic (exact) mass is 148 g/mol. The zero-order valence-corrected chi connectivity index (χ0v) is 5.51. The molecule has 1 aliphatic rings. The van der Waals surface area contributed by atoms with E-state index in [1.807, 2.05) is 0 Å². The van der Waals surface area contributed by atoms with E-state index in [1.165, 1.54) is 0 Å². The highest BCUT2D eigenvalue weighted by molar-refractivity contribution is 4.84. The number of hydrogen-bond donors (Lipinski definition) is 4. The summed E-state index contributed by atoms with van der Waals surface area (Å²) >= 11 is 0. The molecule has 0 aliphatic heterocycles. The van der Waals surface area contributed by atoms with Crippen molar-refractivity contribution in [1.82, 2.24) is 0 Å². The van der Waals surface area contributed by atoms with Gasteiger partial charge in [0.1, 0.15) is 0 Å². The van der Waals surface area contributed by atoms with Crippen molar-refractivity contribution < 1.29 is 20.4 Å². The lowest BCUT2D eigenvalue weighted by Crippen LogP contribution is -2.44. The van der Waals surface area contributed by atoms with Gasteiger partial charge in [-0.3, -0.25) is 0 Å². The minimum absolute atomic E-state index is 0.0579. The minimum atomic E-state index is -0.890. The van der Waals surface area contributed by atoms with Gasteiger partial charge in [0.2, 0.25) is 0 Å². The molecule has 10 heavy (non-hydrogen) atoms. The molecule has 0 aromatic rings. The molecule has 4 atom stereocenters. The molecule has 4 heteroatoms. The van der Waals surface area contributed by atoms with Crippen molar-refractivity contribution in [3.63, 3.8) is 0 Å². The Balaban J connectivity index is 2.46. The first-order chi connectivity index (χ1) is 4.61. The van der Waals surface area contributed by atoms with Crippen LogP contribution in [0.5, 0.6) is 0 Å². The second-order valence-corrected chi connectivity index (χ2v) is 2.74. The molecule has 0 spiro atoms. The van der Waals surface area contributed by atoms with Crippen LogP contribution in [0.15, 0.2) is 0 Å². The van der Waals surface area contributed by atoms with Gasteiger partial charge in [0.15, 0.2) is 0 Å². The van der Waals surface area contributed by atoms with E-state index in [1.54, 1.807) is 0 Å². The summed E-state index contributed by atoms with van der Waals surface area (Å²) < 4.78 is 0. The van der Waals surface area contributed by atoms with Crippen LogP contribution in [0.25, 0.3) is 0 Å². The van der Waals surface area contributed by atoms with Crippen molar-refractivity contribution in [2.24, 2.45) is 0 Å². The Morgan fingerprint density at radius 2 is 0.800 bits per heavy atom. The van der Waals surface area contributed by atoms with Crippen LogP contribution < -0.4 is 0 Å². The van der Waals surface area contributed by atoms with Gasteiger partial charge in [-0.15, -0.1) is 0 Å². The molecule has 0 radical (unpaired) electrons. The number of aliphatic hydroxyl groups excluding tert-OH is 4. The van der Waals surface area contributed by atoms with E-state index in [2.05, 4.69) is 0 Å². The second-order valence-electron chi connectivity index (χ2n) is 2.74. The molecule has 0 heterocycles. The fourth-order valence-corrected chi connectivity index (χ4v) is 1.12. The van der Waals surface area contributed by atoms with Crippen molar-refractivity contribution >= 4 is 0 Å². The van der Waals surface area contributed by atoms with Gasteiger partial charge in [-0.05, 0) is 0 Å². The third kappa shape index (κ3) is 1.46. The van der Waals surface area contributed by atoms with Gasteiger partial charge in [-0.2, -0.15) is 0 Å². The van der Waals surface area contributed by atoms with Crippen LogP contribution in [0.2, 0.25) is 0 Å². The molecular formula is C6H12O4. The number of hydrogen-bond acceptors (Lipinski definition) is 4. The van der Waals surface area contributed by atoms with Crippen molar-refractivity contribution in [2.75, 3.05) is 0 Å². The maximum Gasteiger partial charge on any atom is 0.0825 e. The summed E-state index contributed by atoms with van der Waals surface area (Å²) in [6.45, 7) is 0. The Morgan fingerprint density at radius 3 is 1.00 bits per heavy atom. The fraction of sp³-hybridized carbons (Fsp3) is 1.00. The topological polar surface area (TPSA) is 80.9 Å². The number of rotatable bonds is 0. The normalized spacial score (nSPS) is 49.2. The smallest absolute Gasteiger partial charge is 0.0825 e. The fourth-order valence-electron chi connectivity index (χ4n) is 1.12. The van der Waals surface area contributed by atoms with Crippen LogP contribution in [0.3, 0.4) is 0 Å². The Labute approximate surface area is 58.7 Å². The second kappa shape index (κ2) is 2.84. The Morgan fingerprint density at radius 1 is 0.600 bits per heavy atom. The summed E-state index contributed by atoms with van der Waals surface area (Å²) in [7, 11) is 0. The summed E-state index contributed by atoms with van der Waals surface area (Å²) in [6, 6.07) is 0. The summed E-state index contributed by atoms with van der Waals surface area (Å²) in [5, 5.41) is 35.8. The molecule has 60 valence electrons. The van der Waals surface area contributed by atoms with Crippen molar-refractivity contribution in [2.45, 2.75) is 37.3 Å². The average Bonchev–Trinajstić information content (AvgIpc) is 1.84. The lowest BCUT2D eigenvalue weighted by Gasteiger charge is -2.30. The highest BCUT2D eigenvalue weighted by Crippen LogP contribution is 2.19. The van der Waals surface area contributed by atoms with Gasteiger partial charge in [0.25, 0.3) is 0 Å². The molecule has 1 aliphatic carbocycles. The quantitative estimate of drug-likeness (QED) is 0.327. The summed E-state index contributed by atoms with van der Waals surface area (Å²) in [5.41, 5.74) is 0. The predicted octanol–water partition coefficient (Wildman–Crippen LogP) is -1.78. The van der Waals surface area contributed by atoms with Gasteiger partial charge >= 0.3 is 0 Å². The standard InChI is InChI=1S/C6H12O4/c7-3-1-4(8)6(10)2-5(3)9/h3-10H,1-2H2. The molecule has 1 fully saturated rings. The van der Waals surface area contributed by atoms with Gasteiger partial charge < -0.3 is 20.4 Å². The maximum absolute atomic E-state index is 8.94. The van der Waals surface area contributed by atoms with Gasteiger partial charge in [-0.1, -0.05) is 0 Å². The molecule has 4 unspecified atom stereocenters. The van der Waals surface area contributed by atoms with Crippen LogP contribution in [0, 0.1) is 0 Å². The molecule has 0 saturated heterocycles. The van der Waals surface area contributed by atoms with Crippen LogP contribution in [-0.4, -0.2) is 44.8 Å². The SMILES string of the molecule is OC1CC(O)C(O)CC1O. The largest absolute Gasteiger partial charge is 0.390 e. The maximum atomic E-state index is 8.94. The van der Waals surface area contributed by atoms with E-state index >= 15 is 0 Å². The molecule has 1 rings (SSSR count). The van der Waals surface area contributed by atoms with Crippen LogP contribution in [0.4, 0.5) is 0 Å². The van der Waals surface area contributed by atoms with Crippen LogP contribution in [-0.2, 0) is 0 Å². The van der Waals surface area contributed by atoms with E-state index in [0.29, 0.717) is 0 Å². The minimum Gasteiger partial charge on any atom is -0.390 e. The molecule has 0 bridgehead atoms. The van der Waals surface area contributed by atoms with E-state index in [0.717, 1.165) is 0 Å². The highest BCUT2D eigenvalue weighted by atomic mass is 16.4. The van der Waals surface area contributed by atoms with E-state index in [4.69, 9.17) is 20.4 Å². The summed E-state index contributed by atoms with van der Waals surface area (Å²) in [4.78, 5) is 0. The average molecular weight is 148 g/mol. The highest BCUT2D eigenvalue weighted by Gasteiger charge is 2.32. The Bertz CT molecular complexity index is 90.3. The van der Waals surface area contributed by atoms with E-state index < -0.39 is 24.4 Å². The van der Waals surface area contributed by atoms with E-state index in [9.17, 15) is 0 Å². The molecule has 0 aromatic carbocycles. The lowest BCUT2D eigenvalue weighted by molar-refractivity contribution is -0.107. The molecule has 1 saturated carbocycles. The van der Waals surface area contributed by atoms with Gasteiger partial charge in [0, 0.05) is 12.8 Å². The Kier molecular flexibility index (Phi) is 2.25. The Hall–Kier alpha value is -0.160. The number of aliphatic hydroxyl groups is 4. The molecule has 4 nitrogen and oxygen atoms in total. The molecular weight excluding hydrogens is 136 g/mol. The summed E-state index contributed by atoms with van der Waals surface area (Å²) in [5.74, 6) is 0. The third-order valence-electron chi connectivity index (χ3n) is 1.85. The van der Waals surface area contributed by atoms with Crippen LogP contribution >= 0.6 is 0 Å². The molecule has 0 amide bonds. The van der Waals surface area contributed by atoms with Gasteiger partial charge in [-0.25, -0.2) is 0 Å². The van der Waals surface area contributed by atoms with Crippen LogP contribution in [0.1, 0.15) is 12.8 Å². The molecule has 4 N–H and O–H groups in total. The zero-order chi connectivity index (χ0) is 7.72. The van der Waals surface area contributed by atoms with Crippen molar-refractivity contribution in [3.05, 3.63) is 0 Å². The van der Waals surface area contributed by atoms with Crippen molar-refractivity contribution in [3.8, 4) is 0 Å². The first kappa shape index (κ1) is 7.94. The third-order valence-corrected chi connectivity index (χ3v) is 1.85. The zero-order valence-electron chi connectivity index (χ0n) is 5.51.